The number of carbonyl (C=O) groups is 1. The molecule has 1 aliphatic rings. The predicted octanol–water partition coefficient (Wildman–Crippen LogP) is 2.22. The van der Waals surface area contributed by atoms with Crippen LogP contribution < -0.4 is 5.32 Å². The monoisotopic (exact) mass is 282 g/mol. The molecule has 0 saturated heterocycles. The van der Waals surface area contributed by atoms with Crippen LogP contribution in [0.25, 0.3) is 0 Å². The average Bonchev–Trinajstić information content (AvgIpc) is 3.02. The molecular formula is C16H18N4O. The molecule has 2 heterocycles. The summed E-state index contributed by atoms with van der Waals surface area (Å²) in [6.07, 6.45) is 6.59. The van der Waals surface area contributed by atoms with E-state index in [0.717, 1.165) is 0 Å². The lowest BCUT2D eigenvalue weighted by Crippen LogP contribution is -2.52. The Morgan fingerprint density at radius 1 is 1.19 bits per heavy atom. The highest BCUT2D eigenvalue weighted by atomic mass is 16.2. The molecule has 108 valence electrons. The molecule has 5 nitrogen and oxygen atoms in total. The number of hydrogen-bond acceptors (Lipinski definition) is 3. The first-order valence-electron chi connectivity index (χ1n) is 6.91. The Hall–Kier alpha value is -2.56. The molecule has 0 bridgehead atoms. The van der Waals surface area contributed by atoms with Crippen molar-refractivity contribution >= 4 is 5.91 Å². The van der Waals surface area contributed by atoms with Crippen molar-refractivity contribution in [3.8, 4) is 0 Å². The summed E-state index contributed by atoms with van der Waals surface area (Å²) in [7, 11) is 0. The average molecular weight is 282 g/mol. The number of amides is 1. The van der Waals surface area contributed by atoms with Crippen molar-refractivity contribution in [1.29, 1.82) is 0 Å². The molecule has 1 aromatic heterocycles. The zero-order chi connectivity index (χ0) is 14.9. The fourth-order valence-electron chi connectivity index (χ4n) is 2.58. The third-order valence-corrected chi connectivity index (χ3v) is 3.82. The molecular weight excluding hydrogens is 264 g/mol. The number of rotatable bonds is 3. The van der Waals surface area contributed by atoms with E-state index in [1.54, 1.807) is 17.0 Å². The zero-order valence-electron chi connectivity index (χ0n) is 12.1. The summed E-state index contributed by atoms with van der Waals surface area (Å²) in [5.41, 5.74) is 0.880. The van der Waals surface area contributed by atoms with Crippen molar-refractivity contribution in [3.05, 3.63) is 66.6 Å². The number of nitrogens with one attached hydrogen (secondary N) is 1. The maximum absolute atomic E-state index is 11.7. The van der Waals surface area contributed by atoms with Crippen LogP contribution in [0.1, 0.15) is 25.7 Å². The van der Waals surface area contributed by atoms with Gasteiger partial charge in [-0.05, 0) is 25.5 Å². The van der Waals surface area contributed by atoms with Crippen LogP contribution in [0.15, 0.2) is 61.1 Å². The molecule has 1 unspecified atom stereocenters. The van der Waals surface area contributed by atoms with Crippen LogP contribution in [0.5, 0.6) is 0 Å². The van der Waals surface area contributed by atoms with E-state index in [-0.39, 0.29) is 17.7 Å². The van der Waals surface area contributed by atoms with Gasteiger partial charge in [-0.25, -0.2) is 4.68 Å². The number of hydrogen-bond donors (Lipinski definition) is 1. The van der Waals surface area contributed by atoms with Gasteiger partial charge in [-0.2, -0.15) is 5.10 Å². The highest BCUT2D eigenvalue weighted by Crippen LogP contribution is 2.33. The molecule has 1 N–H and O–H groups in total. The highest BCUT2D eigenvalue weighted by molar-refractivity contribution is 5.88. The van der Waals surface area contributed by atoms with Crippen molar-refractivity contribution in [2.75, 3.05) is 0 Å². The van der Waals surface area contributed by atoms with Crippen LogP contribution in [0.3, 0.4) is 0 Å². The van der Waals surface area contributed by atoms with Crippen LogP contribution in [0.2, 0.25) is 0 Å². The van der Waals surface area contributed by atoms with Gasteiger partial charge in [-0.3, -0.25) is 4.79 Å². The van der Waals surface area contributed by atoms with E-state index < -0.39 is 0 Å². The molecule has 1 atom stereocenters. The summed E-state index contributed by atoms with van der Waals surface area (Å²) >= 11 is 0. The molecule has 1 amide bonds. The minimum atomic E-state index is -0.340. The summed E-state index contributed by atoms with van der Waals surface area (Å²) in [5.74, 6) is -0.115. The molecule has 3 rings (SSSR count). The SMILES string of the molecule is CC(C)(c1ccccc1)N1C=CC(=O)NC1n1cccn1. The lowest BCUT2D eigenvalue weighted by molar-refractivity contribution is -0.122. The standard InChI is InChI=1S/C16H18N4O/c1-16(2,13-7-4-3-5-8-13)19-12-9-14(21)18-15(19)20-11-6-10-17-20/h3-12,15H,1-2H3,(H,18,21). The van der Waals surface area contributed by atoms with Gasteiger partial charge in [-0.1, -0.05) is 30.3 Å². The maximum Gasteiger partial charge on any atom is 0.248 e. The minimum absolute atomic E-state index is 0.115. The van der Waals surface area contributed by atoms with Crippen molar-refractivity contribution in [1.82, 2.24) is 20.0 Å². The Kier molecular flexibility index (Phi) is 3.25. The van der Waals surface area contributed by atoms with E-state index in [0.29, 0.717) is 0 Å². The Bertz CT molecular complexity index is 646. The first-order valence-corrected chi connectivity index (χ1v) is 6.91. The third-order valence-electron chi connectivity index (χ3n) is 3.82. The fourth-order valence-corrected chi connectivity index (χ4v) is 2.58. The second-order valence-corrected chi connectivity index (χ2v) is 5.52. The van der Waals surface area contributed by atoms with Gasteiger partial charge in [0, 0.05) is 24.7 Å². The molecule has 0 aliphatic carbocycles. The van der Waals surface area contributed by atoms with Gasteiger partial charge in [0.1, 0.15) is 0 Å². The zero-order valence-corrected chi connectivity index (χ0v) is 12.1. The number of carbonyl (C=O) groups excluding carboxylic acids is 1. The Morgan fingerprint density at radius 3 is 2.62 bits per heavy atom. The molecule has 0 saturated carbocycles. The number of nitrogens with zero attached hydrogens (tertiary/aromatic N) is 3. The van der Waals surface area contributed by atoms with Gasteiger partial charge in [0.2, 0.25) is 12.2 Å². The van der Waals surface area contributed by atoms with Gasteiger partial charge in [0.15, 0.2) is 0 Å². The quantitative estimate of drug-likeness (QED) is 0.939. The first kappa shape index (κ1) is 13.4. The van der Waals surface area contributed by atoms with E-state index in [1.165, 1.54) is 5.56 Å². The normalized spacial score (nSPS) is 18.7. The Morgan fingerprint density at radius 2 is 1.95 bits per heavy atom. The van der Waals surface area contributed by atoms with Crippen molar-refractivity contribution in [2.45, 2.75) is 25.7 Å². The van der Waals surface area contributed by atoms with Crippen LogP contribution in [0.4, 0.5) is 0 Å². The molecule has 2 aromatic rings. The van der Waals surface area contributed by atoms with Gasteiger partial charge in [-0.15, -0.1) is 0 Å². The molecule has 1 aromatic carbocycles. The van der Waals surface area contributed by atoms with Crippen LogP contribution in [-0.4, -0.2) is 20.6 Å². The lowest BCUT2D eigenvalue weighted by Gasteiger charge is -2.45. The summed E-state index contributed by atoms with van der Waals surface area (Å²) in [5, 5.41) is 7.20. The number of benzene rings is 1. The summed E-state index contributed by atoms with van der Waals surface area (Å²) in [6, 6.07) is 12.1. The highest BCUT2D eigenvalue weighted by Gasteiger charge is 2.35. The predicted molar refractivity (Wildman–Crippen MR) is 79.9 cm³/mol. The molecule has 0 radical (unpaired) electrons. The first-order chi connectivity index (χ1) is 10.1. The van der Waals surface area contributed by atoms with E-state index in [1.807, 2.05) is 36.7 Å². The van der Waals surface area contributed by atoms with E-state index >= 15 is 0 Å². The van der Waals surface area contributed by atoms with Gasteiger partial charge >= 0.3 is 0 Å². The van der Waals surface area contributed by atoms with E-state index in [2.05, 4.69) is 41.3 Å². The van der Waals surface area contributed by atoms with Crippen molar-refractivity contribution in [2.24, 2.45) is 0 Å². The summed E-state index contributed by atoms with van der Waals surface area (Å²) in [4.78, 5) is 13.8. The number of aromatic nitrogens is 2. The van der Waals surface area contributed by atoms with Gasteiger partial charge in [0.25, 0.3) is 0 Å². The summed E-state index contributed by atoms with van der Waals surface area (Å²) < 4.78 is 1.74. The molecule has 5 heteroatoms. The second-order valence-electron chi connectivity index (χ2n) is 5.52. The summed E-state index contributed by atoms with van der Waals surface area (Å²) in [6.45, 7) is 4.25. The van der Waals surface area contributed by atoms with E-state index in [9.17, 15) is 4.79 Å². The molecule has 1 aliphatic heterocycles. The Balaban J connectivity index is 2.01. The lowest BCUT2D eigenvalue weighted by atomic mass is 9.92. The van der Waals surface area contributed by atoms with Crippen molar-refractivity contribution in [3.63, 3.8) is 0 Å². The van der Waals surface area contributed by atoms with Crippen LogP contribution >= 0.6 is 0 Å². The third kappa shape index (κ3) is 2.42. The smallest absolute Gasteiger partial charge is 0.248 e. The van der Waals surface area contributed by atoms with Gasteiger partial charge < -0.3 is 10.2 Å². The molecule has 21 heavy (non-hydrogen) atoms. The topological polar surface area (TPSA) is 50.2 Å². The Labute approximate surface area is 123 Å². The van der Waals surface area contributed by atoms with Crippen LogP contribution in [0, 0.1) is 0 Å². The van der Waals surface area contributed by atoms with E-state index in [4.69, 9.17) is 0 Å². The van der Waals surface area contributed by atoms with Crippen molar-refractivity contribution < 1.29 is 4.79 Å². The second kappa shape index (κ2) is 5.09. The minimum Gasteiger partial charge on any atom is -0.330 e. The van der Waals surface area contributed by atoms with Gasteiger partial charge in [0.05, 0.1) is 5.54 Å². The fraction of sp³-hybridized carbons (Fsp3) is 0.250. The maximum atomic E-state index is 11.7. The van der Waals surface area contributed by atoms with Crippen LogP contribution in [-0.2, 0) is 10.3 Å². The largest absolute Gasteiger partial charge is 0.330 e. The molecule has 0 fully saturated rings. The molecule has 0 spiro atoms.